The van der Waals surface area contributed by atoms with E-state index >= 15 is 0 Å². The molecule has 25 heavy (non-hydrogen) atoms. The molecule has 0 unspecified atom stereocenters. The molecule has 0 saturated carbocycles. The average molecular weight is 339 g/mol. The quantitative estimate of drug-likeness (QED) is 0.747. The van der Waals surface area contributed by atoms with Crippen molar-refractivity contribution < 1.29 is 14.3 Å². The van der Waals surface area contributed by atoms with Crippen LogP contribution in [0, 0.1) is 5.92 Å². The molecule has 0 spiro atoms. The highest BCUT2D eigenvalue weighted by atomic mass is 16.5. The van der Waals surface area contributed by atoms with Crippen molar-refractivity contribution in [3.8, 4) is 0 Å². The Kier molecular flexibility index (Phi) is 7.20. The molecule has 0 aliphatic carbocycles. The second-order valence-corrected chi connectivity index (χ2v) is 6.10. The summed E-state index contributed by atoms with van der Waals surface area (Å²) in [5.74, 6) is -0.874. The summed E-state index contributed by atoms with van der Waals surface area (Å²) in [6.45, 7) is 1.47. The predicted molar refractivity (Wildman–Crippen MR) is 97.9 cm³/mol. The molecule has 0 fully saturated rings. The first kappa shape index (κ1) is 18.7. The lowest BCUT2D eigenvalue weighted by atomic mass is 9.88. The van der Waals surface area contributed by atoms with Gasteiger partial charge in [0.2, 0.25) is 5.91 Å². The summed E-state index contributed by atoms with van der Waals surface area (Å²) in [4.78, 5) is 24.1. The first-order valence-electron chi connectivity index (χ1n) is 8.55. The fourth-order valence-corrected chi connectivity index (χ4v) is 3.04. The molecular weight excluding hydrogens is 314 g/mol. The third-order valence-corrected chi connectivity index (χ3v) is 4.25. The van der Waals surface area contributed by atoms with E-state index in [4.69, 9.17) is 4.74 Å². The first-order chi connectivity index (χ1) is 12.1. The van der Waals surface area contributed by atoms with Crippen LogP contribution in [0.4, 0.5) is 0 Å². The minimum absolute atomic E-state index is 0.161. The van der Waals surface area contributed by atoms with Crippen molar-refractivity contribution in [1.29, 1.82) is 0 Å². The largest absolute Gasteiger partial charge is 0.469 e. The third kappa shape index (κ3) is 5.75. The number of rotatable bonds is 8. The van der Waals surface area contributed by atoms with Crippen molar-refractivity contribution in [3.05, 3.63) is 71.8 Å². The second-order valence-electron chi connectivity index (χ2n) is 6.10. The van der Waals surface area contributed by atoms with Crippen LogP contribution in [0.25, 0.3) is 0 Å². The van der Waals surface area contributed by atoms with Crippen molar-refractivity contribution in [1.82, 2.24) is 5.32 Å². The Morgan fingerprint density at radius 3 is 2.16 bits per heavy atom. The van der Waals surface area contributed by atoms with Crippen LogP contribution in [0.3, 0.4) is 0 Å². The van der Waals surface area contributed by atoms with E-state index in [2.05, 4.69) is 17.4 Å². The molecule has 2 aromatic carbocycles. The molecule has 2 aromatic rings. The van der Waals surface area contributed by atoms with E-state index in [1.54, 1.807) is 0 Å². The molecule has 0 aliphatic heterocycles. The number of esters is 1. The minimum atomic E-state index is -0.417. The summed E-state index contributed by atoms with van der Waals surface area (Å²) in [6, 6.07) is 19.4. The van der Waals surface area contributed by atoms with Gasteiger partial charge in [0.15, 0.2) is 0 Å². The normalized spacial score (nSPS) is 12.9. The van der Waals surface area contributed by atoms with E-state index in [0.29, 0.717) is 6.42 Å². The zero-order valence-corrected chi connectivity index (χ0v) is 14.8. The summed E-state index contributed by atoms with van der Waals surface area (Å²) in [5.41, 5.74) is 2.15. The molecule has 132 valence electrons. The van der Waals surface area contributed by atoms with Crippen LogP contribution in [-0.4, -0.2) is 19.0 Å². The molecule has 1 amide bonds. The molecule has 2 rings (SSSR count). The van der Waals surface area contributed by atoms with E-state index in [-0.39, 0.29) is 17.9 Å². The number of carbonyl (C=O) groups is 2. The molecule has 0 bridgehead atoms. The molecule has 1 N–H and O–H groups in total. The van der Waals surface area contributed by atoms with Gasteiger partial charge in [-0.1, -0.05) is 60.7 Å². The lowest BCUT2D eigenvalue weighted by molar-refractivity contribution is -0.147. The van der Waals surface area contributed by atoms with Gasteiger partial charge >= 0.3 is 5.97 Å². The molecule has 0 aromatic heterocycles. The van der Waals surface area contributed by atoms with Gasteiger partial charge in [0.25, 0.3) is 0 Å². The highest BCUT2D eigenvalue weighted by molar-refractivity contribution is 5.77. The predicted octanol–water partition coefficient (Wildman–Crippen LogP) is 3.68. The Balaban J connectivity index is 2.14. The van der Waals surface area contributed by atoms with E-state index in [1.165, 1.54) is 19.6 Å². The molecule has 0 saturated heterocycles. The molecule has 0 radical (unpaired) electrons. The van der Waals surface area contributed by atoms with Crippen LogP contribution in [0.5, 0.6) is 0 Å². The fourth-order valence-electron chi connectivity index (χ4n) is 3.04. The number of ether oxygens (including phenoxy) is 1. The lowest BCUT2D eigenvalue weighted by Crippen LogP contribution is -2.36. The Labute approximate surface area is 149 Å². The van der Waals surface area contributed by atoms with Gasteiger partial charge in [-0.3, -0.25) is 9.59 Å². The summed E-state index contributed by atoms with van der Waals surface area (Å²) in [6.07, 6.45) is 2.37. The fraction of sp³-hybridized carbons (Fsp3) is 0.333. The van der Waals surface area contributed by atoms with Crippen molar-refractivity contribution in [2.45, 2.75) is 32.2 Å². The number of carbonyl (C=O) groups excluding carboxylic acids is 2. The van der Waals surface area contributed by atoms with Crippen LogP contribution in [0.15, 0.2) is 60.7 Å². The highest BCUT2D eigenvalue weighted by Crippen LogP contribution is 2.28. The van der Waals surface area contributed by atoms with Gasteiger partial charge in [-0.25, -0.2) is 0 Å². The monoisotopic (exact) mass is 339 g/mol. The van der Waals surface area contributed by atoms with Gasteiger partial charge in [-0.05, 0) is 30.4 Å². The molecule has 0 aliphatic rings. The zero-order chi connectivity index (χ0) is 18.1. The van der Waals surface area contributed by atoms with Gasteiger partial charge in [0.1, 0.15) is 0 Å². The van der Waals surface area contributed by atoms with Crippen molar-refractivity contribution >= 4 is 11.9 Å². The van der Waals surface area contributed by atoms with Gasteiger partial charge in [-0.15, -0.1) is 0 Å². The van der Waals surface area contributed by atoms with Crippen LogP contribution in [0.1, 0.15) is 36.9 Å². The number of hydrogen-bond acceptors (Lipinski definition) is 3. The number of aryl methyl sites for hydroxylation is 1. The maximum Gasteiger partial charge on any atom is 0.311 e. The standard InChI is InChI=1S/C21H25NO3/c1-16(23)22-20(18-13-7-4-8-14-18)19(21(24)25-2)15-9-12-17-10-5-3-6-11-17/h3-8,10-11,13-14,19-20H,9,12,15H2,1-2H3,(H,22,23)/t19-,20-/m1/s1. The lowest BCUT2D eigenvalue weighted by Gasteiger charge is -2.26. The average Bonchev–Trinajstić information content (AvgIpc) is 2.64. The maximum atomic E-state index is 12.4. The van der Waals surface area contributed by atoms with Gasteiger partial charge in [0, 0.05) is 6.92 Å². The zero-order valence-electron chi connectivity index (χ0n) is 14.8. The van der Waals surface area contributed by atoms with Gasteiger partial charge < -0.3 is 10.1 Å². The van der Waals surface area contributed by atoms with Crippen molar-refractivity contribution in [2.24, 2.45) is 5.92 Å². The van der Waals surface area contributed by atoms with Crippen molar-refractivity contribution in [2.75, 3.05) is 7.11 Å². The number of amides is 1. The third-order valence-electron chi connectivity index (χ3n) is 4.25. The smallest absolute Gasteiger partial charge is 0.311 e. The maximum absolute atomic E-state index is 12.4. The first-order valence-corrected chi connectivity index (χ1v) is 8.55. The van der Waals surface area contributed by atoms with E-state index in [0.717, 1.165) is 18.4 Å². The van der Waals surface area contributed by atoms with Gasteiger partial charge in [-0.2, -0.15) is 0 Å². The Hall–Kier alpha value is -2.62. The topological polar surface area (TPSA) is 55.4 Å². The number of hydrogen-bond donors (Lipinski definition) is 1. The highest BCUT2D eigenvalue weighted by Gasteiger charge is 2.30. The molecule has 2 atom stereocenters. The molecule has 4 heteroatoms. The van der Waals surface area contributed by atoms with Crippen LogP contribution >= 0.6 is 0 Å². The SMILES string of the molecule is COC(=O)[C@H](CCCc1ccccc1)[C@H](NC(C)=O)c1ccccc1. The molecule has 0 heterocycles. The molecule has 4 nitrogen and oxygen atoms in total. The summed E-state index contributed by atoms with van der Waals surface area (Å²) in [7, 11) is 1.39. The van der Waals surface area contributed by atoms with Crippen LogP contribution < -0.4 is 5.32 Å². The minimum Gasteiger partial charge on any atom is -0.469 e. The molecular formula is C21H25NO3. The number of benzene rings is 2. The number of nitrogens with one attached hydrogen (secondary N) is 1. The Bertz CT molecular complexity index is 670. The van der Waals surface area contributed by atoms with E-state index in [1.807, 2.05) is 48.5 Å². The summed E-state index contributed by atoms with van der Waals surface area (Å²) in [5, 5.41) is 2.92. The summed E-state index contributed by atoms with van der Waals surface area (Å²) >= 11 is 0. The summed E-state index contributed by atoms with van der Waals surface area (Å²) < 4.78 is 5.01. The van der Waals surface area contributed by atoms with E-state index < -0.39 is 5.92 Å². The van der Waals surface area contributed by atoms with E-state index in [9.17, 15) is 9.59 Å². The second kappa shape index (κ2) is 9.62. The van der Waals surface area contributed by atoms with Crippen LogP contribution in [-0.2, 0) is 20.7 Å². The Morgan fingerprint density at radius 2 is 1.60 bits per heavy atom. The Morgan fingerprint density at radius 1 is 1.00 bits per heavy atom. The van der Waals surface area contributed by atoms with Gasteiger partial charge in [0.05, 0.1) is 19.1 Å². The number of methoxy groups -OCH3 is 1. The van der Waals surface area contributed by atoms with Crippen LogP contribution in [0.2, 0.25) is 0 Å². The van der Waals surface area contributed by atoms with Crippen molar-refractivity contribution in [3.63, 3.8) is 0 Å².